The summed E-state index contributed by atoms with van der Waals surface area (Å²) >= 11 is 12.6. The van der Waals surface area contributed by atoms with Gasteiger partial charge in [0.25, 0.3) is 0 Å². The van der Waals surface area contributed by atoms with Crippen molar-refractivity contribution in [1.82, 2.24) is 20.0 Å². The Kier molecular flexibility index (Phi) is 7.41. The lowest BCUT2D eigenvalue weighted by atomic mass is 9.89. The molecule has 0 aliphatic carbocycles. The van der Waals surface area contributed by atoms with Crippen molar-refractivity contribution in [2.24, 2.45) is 5.41 Å². The lowest BCUT2D eigenvalue weighted by Gasteiger charge is -2.37. The average Bonchev–Trinajstić information content (AvgIpc) is 3.41. The van der Waals surface area contributed by atoms with E-state index in [2.05, 4.69) is 38.9 Å². The molecule has 0 bridgehead atoms. The standard InChI is InChI=1S/C30H23Cl2F2N7O/c1-30(15-42-16-30)14-41-13-26(39-40-41)28(17-2-4-20(33)5-3-17)38-25-9-19(31)8-22-27(18(11-35)12-36-29(22)25)37-21-6-7-24(34)23(32)10-21/h2-10,12-13,28,38H,14-16H2,1H3,(H,36,37)/t28-/m0/s1. The summed E-state index contributed by atoms with van der Waals surface area (Å²) in [5.41, 5.74) is 3.53. The number of nitrogens with zero attached hydrogens (tertiary/aromatic N) is 5. The molecule has 1 aliphatic heterocycles. The summed E-state index contributed by atoms with van der Waals surface area (Å²) in [6, 6.07) is 15.3. The van der Waals surface area contributed by atoms with Crippen molar-refractivity contribution in [2.75, 3.05) is 23.8 Å². The van der Waals surface area contributed by atoms with Gasteiger partial charge in [0.1, 0.15) is 23.4 Å². The van der Waals surface area contributed by atoms with Crippen LogP contribution >= 0.6 is 23.2 Å². The van der Waals surface area contributed by atoms with Crippen molar-refractivity contribution in [3.8, 4) is 6.07 Å². The van der Waals surface area contributed by atoms with E-state index in [1.165, 1.54) is 36.5 Å². The van der Waals surface area contributed by atoms with Gasteiger partial charge in [-0.05, 0) is 48.0 Å². The highest BCUT2D eigenvalue weighted by molar-refractivity contribution is 6.32. The highest BCUT2D eigenvalue weighted by atomic mass is 35.5. The van der Waals surface area contributed by atoms with Crippen LogP contribution < -0.4 is 10.6 Å². The molecule has 1 atom stereocenters. The summed E-state index contributed by atoms with van der Waals surface area (Å²) in [5.74, 6) is -0.926. The quantitative estimate of drug-likeness (QED) is 0.192. The van der Waals surface area contributed by atoms with Gasteiger partial charge in [0.2, 0.25) is 0 Å². The summed E-state index contributed by atoms with van der Waals surface area (Å²) in [4.78, 5) is 4.57. The first kappa shape index (κ1) is 27.8. The molecule has 8 nitrogen and oxygen atoms in total. The summed E-state index contributed by atoms with van der Waals surface area (Å²) in [5, 5.41) is 26.1. The highest BCUT2D eigenvalue weighted by Gasteiger charge is 2.34. The van der Waals surface area contributed by atoms with Crippen LogP contribution in [0.5, 0.6) is 0 Å². The van der Waals surface area contributed by atoms with E-state index in [1.807, 2.05) is 6.20 Å². The van der Waals surface area contributed by atoms with Gasteiger partial charge in [0.05, 0.1) is 59.5 Å². The molecule has 2 aromatic heterocycles. The van der Waals surface area contributed by atoms with Crippen molar-refractivity contribution in [1.29, 1.82) is 5.26 Å². The zero-order valence-electron chi connectivity index (χ0n) is 22.2. The first-order valence-corrected chi connectivity index (χ1v) is 13.7. The van der Waals surface area contributed by atoms with Gasteiger partial charge in [0.15, 0.2) is 0 Å². The number of ether oxygens (including phenoxy) is 1. The number of anilines is 3. The molecule has 1 saturated heterocycles. The number of nitrogens with one attached hydrogen (secondary N) is 2. The third-order valence-corrected chi connectivity index (χ3v) is 7.55. The van der Waals surface area contributed by atoms with Crippen LogP contribution in [-0.4, -0.2) is 33.2 Å². The van der Waals surface area contributed by atoms with Crippen molar-refractivity contribution in [3.05, 3.63) is 105 Å². The van der Waals surface area contributed by atoms with Crippen molar-refractivity contribution >= 4 is 51.2 Å². The van der Waals surface area contributed by atoms with E-state index in [-0.39, 0.29) is 21.8 Å². The molecule has 5 aromatic rings. The summed E-state index contributed by atoms with van der Waals surface area (Å²) in [7, 11) is 0. The van der Waals surface area contributed by atoms with Gasteiger partial charge in [-0.1, -0.05) is 47.5 Å². The van der Waals surface area contributed by atoms with Crippen LogP contribution in [0.4, 0.5) is 25.8 Å². The Morgan fingerprint density at radius 2 is 1.90 bits per heavy atom. The average molecular weight is 606 g/mol. The van der Waals surface area contributed by atoms with Crippen molar-refractivity contribution in [2.45, 2.75) is 19.5 Å². The number of pyridine rings is 1. The Bertz CT molecular complexity index is 1830. The Morgan fingerprint density at radius 3 is 2.60 bits per heavy atom. The van der Waals surface area contributed by atoms with E-state index in [0.717, 1.165) is 5.56 Å². The molecule has 42 heavy (non-hydrogen) atoms. The summed E-state index contributed by atoms with van der Waals surface area (Å²) < 4.78 is 34.8. The number of halogens is 4. The van der Waals surface area contributed by atoms with Crippen LogP contribution in [0, 0.1) is 28.4 Å². The maximum atomic E-state index is 13.9. The molecule has 12 heteroatoms. The lowest BCUT2D eigenvalue weighted by Crippen LogP contribution is -2.43. The van der Waals surface area contributed by atoms with Crippen LogP contribution in [0.15, 0.2) is 67.0 Å². The summed E-state index contributed by atoms with van der Waals surface area (Å²) in [6.07, 6.45) is 3.29. The van der Waals surface area contributed by atoms with Gasteiger partial charge in [-0.25, -0.2) is 8.78 Å². The predicted octanol–water partition coefficient (Wildman–Crippen LogP) is 7.26. The highest BCUT2D eigenvalue weighted by Crippen LogP contribution is 2.38. The van der Waals surface area contributed by atoms with E-state index >= 15 is 0 Å². The van der Waals surface area contributed by atoms with E-state index in [0.29, 0.717) is 58.4 Å². The van der Waals surface area contributed by atoms with Gasteiger partial charge < -0.3 is 15.4 Å². The number of benzene rings is 3. The smallest absolute Gasteiger partial charge is 0.141 e. The van der Waals surface area contributed by atoms with Crippen LogP contribution in [0.1, 0.15) is 29.8 Å². The van der Waals surface area contributed by atoms with Gasteiger partial charge in [-0.3, -0.25) is 9.67 Å². The number of hydrogen-bond acceptors (Lipinski definition) is 7. The number of fused-ring (bicyclic) bond motifs is 1. The number of aromatic nitrogens is 4. The molecule has 3 aromatic carbocycles. The van der Waals surface area contributed by atoms with Gasteiger partial charge in [-0.15, -0.1) is 5.10 Å². The van der Waals surface area contributed by atoms with Gasteiger partial charge >= 0.3 is 0 Å². The van der Waals surface area contributed by atoms with Gasteiger partial charge in [0, 0.05) is 27.7 Å². The molecule has 1 fully saturated rings. The molecular weight excluding hydrogens is 583 g/mol. The first-order valence-electron chi connectivity index (χ1n) is 13.0. The minimum absolute atomic E-state index is 0.0204. The third kappa shape index (κ3) is 5.59. The van der Waals surface area contributed by atoms with Crippen LogP contribution in [-0.2, 0) is 11.3 Å². The van der Waals surface area contributed by atoms with Gasteiger partial charge in [-0.2, -0.15) is 5.26 Å². The van der Waals surface area contributed by atoms with E-state index in [1.54, 1.807) is 28.9 Å². The van der Waals surface area contributed by atoms with E-state index in [9.17, 15) is 14.0 Å². The zero-order valence-corrected chi connectivity index (χ0v) is 23.7. The Hall–Kier alpha value is -4.30. The lowest BCUT2D eigenvalue weighted by molar-refractivity contribution is -0.111. The third-order valence-electron chi connectivity index (χ3n) is 7.05. The fourth-order valence-corrected chi connectivity index (χ4v) is 5.31. The first-order chi connectivity index (χ1) is 20.2. The Morgan fingerprint density at radius 1 is 1.12 bits per heavy atom. The Balaban J connectivity index is 1.42. The number of nitriles is 1. The number of hydrogen-bond donors (Lipinski definition) is 2. The molecule has 3 heterocycles. The minimum atomic E-state index is -0.560. The SMILES string of the molecule is CC1(Cn2cc([C@@H](Nc3cc(Cl)cc4c(Nc5ccc(F)c(Cl)c5)c(C#N)cnc34)c3ccc(F)cc3)nn2)COC1. The predicted molar refractivity (Wildman–Crippen MR) is 157 cm³/mol. The Labute approximate surface area is 249 Å². The van der Waals surface area contributed by atoms with E-state index in [4.69, 9.17) is 27.9 Å². The molecule has 0 unspecified atom stereocenters. The molecule has 0 radical (unpaired) electrons. The normalized spacial score (nSPS) is 14.7. The van der Waals surface area contributed by atoms with Crippen molar-refractivity contribution in [3.63, 3.8) is 0 Å². The van der Waals surface area contributed by atoms with E-state index < -0.39 is 11.9 Å². The molecule has 0 spiro atoms. The number of rotatable bonds is 8. The second-order valence-corrected chi connectivity index (χ2v) is 11.4. The molecule has 6 rings (SSSR count). The molecule has 2 N–H and O–H groups in total. The fourth-order valence-electron chi connectivity index (χ4n) is 4.91. The molecule has 1 aliphatic rings. The minimum Gasteiger partial charge on any atom is -0.380 e. The topological polar surface area (TPSA) is 101 Å². The van der Waals surface area contributed by atoms with Crippen molar-refractivity contribution < 1.29 is 13.5 Å². The molecule has 0 amide bonds. The van der Waals surface area contributed by atoms with Crippen LogP contribution in [0.25, 0.3) is 10.9 Å². The second kappa shape index (κ2) is 11.2. The molecule has 212 valence electrons. The zero-order chi connectivity index (χ0) is 29.4. The maximum absolute atomic E-state index is 13.9. The second-order valence-electron chi connectivity index (χ2n) is 10.5. The largest absolute Gasteiger partial charge is 0.380 e. The fraction of sp³-hybridized carbons (Fsp3) is 0.200. The summed E-state index contributed by atoms with van der Waals surface area (Å²) in [6.45, 7) is 4.05. The monoisotopic (exact) mass is 605 g/mol. The molecular formula is C30H23Cl2F2N7O. The maximum Gasteiger partial charge on any atom is 0.141 e. The van der Waals surface area contributed by atoms with Crippen LogP contribution in [0.2, 0.25) is 10.0 Å². The van der Waals surface area contributed by atoms with Crippen LogP contribution in [0.3, 0.4) is 0 Å². The molecule has 0 saturated carbocycles.